The molecule has 0 aliphatic carbocycles. The first-order chi connectivity index (χ1) is 16.2. The summed E-state index contributed by atoms with van der Waals surface area (Å²) >= 11 is -3.68. The molecular weight excluding hydrogens is 515 g/mol. The molecule has 3 aromatic carbocycles. The van der Waals surface area contributed by atoms with Crippen molar-refractivity contribution in [2.45, 2.75) is 46.4 Å². The Morgan fingerprint density at radius 1 is 0.686 bits per heavy atom. The van der Waals surface area contributed by atoms with E-state index < -0.39 is 23.7 Å². The number of nitrogens with one attached hydrogen (secondary N) is 1. The maximum absolute atomic E-state index is 13.3. The van der Waals surface area contributed by atoms with E-state index in [1.807, 2.05) is 12.1 Å². The van der Waals surface area contributed by atoms with E-state index in [0.717, 1.165) is 0 Å². The summed E-state index contributed by atoms with van der Waals surface area (Å²) in [6.07, 6.45) is 0. The van der Waals surface area contributed by atoms with Crippen LogP contribution in [0.15, 0.2) is 53.4 Å². The number of para-hydroxylation sites is 1. The van der Waals surface area contributed by atoms with E-state index in [0.29, 0.717) is 10.6 Å². The Morgan fingerprint density at radius 2 is 1.09 bits per heavy atom. The quantitative estimate of drug-likeness (QED) is 0.449. The Kier molecular flexibility index (Phi) is 7.92. The average Bonchev–Trinajstić information content (AvgIpc) is 2.71. The number of nitrogens with zero attached hydrogens (tertiary/aromatic N) is 2. The average molecular weight is 554 g/mol. The van der Waals surface area contributed by atoms with Gasteiger partial charge in [-0.05, 0) is 0 Å². The first-order valence-corrected chi connectivity index (χ1v) is 17.4. The fourth-order valence-corrected chi connectivity index (χ4v) is 16.8. The third-order valence-electron chi connectivity index (χ3n) is 6.71. The van der Waals surface area contributed by atoms with Crippen LogP contribution in [0.1, 0.15) is 33.4 Å². The molecule has 0 aliphatic rings. The first kappa shape index (κ1) is 27.5. The van der Waals surface area contributed by atoms with Crippen molar-refractivity contribution >= 4 is 38.2 Å². The molecule has 35 heavy (non-hydrogen) atoms. The van der Waals surface area contributed by atoms with E-state index in [2.05, 4.69) is 88.0 Å². The van der Waals surface area contributed by atoms with Crippen LogP contribution >= 0.6 is 0 Å². The molecule has 0 unspecified atom stereocenters. The first-order valence-electron chi connectivity index (χ1n) is 11.9. The summed E-state index contributed by atoms with van der Waals surface area (Å²) in [6, 6.07) is 16.3. The molecule has 7 heteroatoms. The molecule has 0 aliphatic heterocycles. The predicted octanol–water partition coefficient (Wildman–Crippen LogP) is 4.02. The van der Waals surface area contributed by atoms with Crippen LogP contribution in [0, 0.1) is 41.5 Å². The van der Waals surface area contributed by atoms with E-state index in [1.165, 1.54) is 46.5 Å². The second-order valence-corrected chi connectivity index (χ2v) is 19.7. The van der Waals surface area contributed by atoms with Crippen molar-refractivity contribution < 1.29 is 8.42 Å². The van der Waals surface area contributed by atoms with E-state index in [9.17, 15) is 8.42 Å². The molecule has 0 radical (unpaired) electrons. The number of hydrogen-bond donors (Lipinski definition) is 1. The van der Waals surface area contributed by atoms with Crippen LogP contribution < -0.4 is 13.1 Å². The SMILES string of the molecule is Cc1cc(C)[c]([Ge]([NH]c2ccccc2S(=O)(=O)N(C)C)([c]2c(C)cc(C)cc2C)[N](C)C)c(C)c1. The summed E-state index contributed by atoms with van der Waals surface area (Å²) in [6.45, 7) is 13.0. The van der Waals surface area contributed by atoms with Crippen molar-refractivity contribution in [1.29, 1.82) is 0 Å². The van der Waals surface area contributed by atoms with Crippen molar-refractivity contribution in [3.63, 3.8) is 0 Å². The molecule has 0 saturated heterocycles. The minimum atomic E-state index is -3.68. The fraction of sp³-hybridized carbons (Fsp3) is 0.357. The molecule has 0 aromatic heterocycles. The fourth-order valence-electron chi connectivity index (χ4n) is 5.50. The Morgan fingerprint density at radius 3 is 1.46 bits per heavy atom. The molecule has 1 N–H and O–H groups in total. The minimum absolute atomic E-state index is 0.298. The summed E-state index contributed by atoms with van der Waals surface area (Å²) in [5.74, 6) is 0. The molecule has 0 heterocycles. The summed E-state index contributed by atoms with van der Waals surface area (Å²) in [5.41, 5.74) is 8.03. The predicted molar refractivity (Wildman–Crippen MR) is 151 cm³/mol. The van der Waals surface area contributed by atoms with Gasteiger partial charge in [-0.15, -0.1) is 0 Å². The zero-order valence-electron chi connectivity index (χ0n) is 22.7. The Bertz CT molecular complexity index is 1260. The van der Waals surface area contributed by atoms with Gasteiger partial charge in [0.05, 0.1) is 0 Å². The molecule has 5 nitrogen and oxygen atoms in total. The van der Waals surface area contributed by atoms with Crippen molar-refractivity contribution in [3.05, 3.63) is 81.9 Å². The van der Waals surface area contributed by atoms with Gasteiger partial charge in [0.25, 0.3) is 0 Å². The van der Waals surface area contributed by atoms with Gasteiger partial charge in [0.15, 0.2) is 0 Å². The molecule has 3 aromatic rings. The van der Waals surface area contributed by atoms with Gasteiger partial charge in [-0.3, -0.25) is 0 Å². The molecule has 3 rings (SSSR count). The third kappa shape index (κ3) is 4.94. The van der Waals surface area contributed by atoms with Gasteiger partial charge >= 0.3 is 216 Å². The number of hydrogen-bond acceptors (Lipinski definition) is 4. The van der Waals surface area contributed by atoms with Gasteiger partial charge in [0.1, 0.15) is 0 Å². The Hall–Kier alpha value is -2.13. The van der Waals surface area contributed by atoms with Crippen molar-refractivity contribution in [2.75, 3.05) is 32.5 Å². The zero-order chi connectivity index (χ0) is 26.3. The summed E-state index contributed by atoms with van der Waals surface area (Å²) in [4.78, 5) is 0.298. The van der Waals surface area contributed by atoms with E-state index in [4.69, 9.17) is 0 Å². The van der Waals surface area contributed by atoms with Gasteiger partial charge in [0.2, 0.25) is 0 Å². The van der Waals surface area contributed by atoms with E-state index in [-0.39, 0.29) is 0 Å². The van der Waals surface area contributed by atoms with Gasteiger partial charge < -0.3 is 0 Å². The second-order valence-electron chi connectivity index (χ2n) is 10.1. The van der Waals surface area contributed by atoms with Gasteiger partial charge in [0, 0.05) is 0 Å². The van der Waals surface area contributed by atoms with Crippen LogP contribution in [0.2, 0.25) is 0 Å². The zero-order valence-corrected chi connectivity index (χ0v) is 25.7. The van der Waals surface area contributed by atoms with E-state index in [1.54, 1.807) is 26.2 Å². The maximum atomic E-state index is 13.3. The van der Waals surface area contributed by atoms with Crippen LogP contribution in [0.25, 0.3) is 0 Å². The molecule has 0 atom stereocenters. The molecule has 0 amide bonds. The normalized spacial score (nSPS) is 12.5. The molecule has 0 saturated carbocycles. The topological polar surface area (TPSA) is 52.7 Å². The van der Waals surface area contributed by atoms with Crippen molar-refractivity contribution in [1.82, 2.24) is 8.16 Å². The molecule has 0 fully saturated rings. The van der Waals surface area contributed by atoms with Crippen molar-refractivity contribution in [3.8, 4) is 0 Å². The van der Waals surface area contributed by atoms with Gasteiger partial charge in [-0.25, -0.2) is 0 Å². The molecule has 188 valence electrons. The molecule has 0 spiro atoms. The number of anilines is 1. The van der Waals surface area contributed by atoms with Crippen LogP contribution in [0.5, 0.6) is 0 Å². The van der Waals surface area contributed by atoms with Crippen LogP contribution in [0.4, 0.5) is 5.69 Å². The summed E-state index contributed by atoms with van der Waals surface area (Å²) in [5, 5.41) is 0. The van der Waals surface area contributed by atoms with Gasteiger partial charge in [-0.1, -0.05) is 0 Å². The van der Waals surface area contributed by atoms with Crippen LogP contribution in [-0.2, 0) is 10.0 Å². The summed E-state index contributed by atoms with van der Waals surface area (Å²) in [7, 11) is 3.78. The molecule has 0 bridgehead atoms. The van der Waals surface area contributed by atoms with E-state index >= 15 is 0 Å². The number of rotatable bonds is 7. The second kappa shape index (κ2) is 10.1. The Labute approximate surface area is 215 Å². The standard InChI is InChI=1S/C28H39GeN3O2S/c1-19-15-21(3)27(22(4)16-19)29(31(7)8,28-23(5)17-20(2)18-24(28)6)30-25-13-11-12-14-26(25)35(33,34)32(9)10/h11-18,30H,1-10H3. The number of benzene rings is 3. The number of sulfonamides is 1. The molecular formula is C28H39GeN3O2S. The number of aryl methyl sites for hydroxylation is 6. The van der Waals surface area contributed by atoms with Crippen molar-refractivity contribution in [2.24, 2.45) is 0 Å². The van der Waals surface area contributed by atoms with Gasteiger partial charge in [-0.2, -0.15) is 0 Å². The third-order valence-corrected chi connectivity index (χ3v) is 19.1. The monoisotopic (exact) mass is 555 g/mol. The Balaban J connectivity index is 2.50. The summed E-state index contributed by atoms with van der Waals surface area (Å²) < 4.78 is 36.9. The van der Waals surface area contributed by atoms with Crippen LogP contribution in [-0.4, -0.2) is 58.5 Å². The van der Waals surface area contributed by atoms with Crippen LogP contribution in [0.3, 0.4) is 0 Å².